The lowest BCUT2D eigenvalue weighted by Crippen LogP contribution is -2.22. The maximum atomic E-state index is 12.3. The maximum absolute atomic E-state index is 12.3. The second-order valence-corrected chi connectivity index (χ2v) is 6.61. The van der Waals surface area contributed by atoms with Crippen LogP contribution in [0, 0.1) is 0 Å². The summed E-state index contributed by atoms with van der Waals surface area (Å²) in [6.45, 7) is 0. The Bertz CT molecular complexity index is 1150. The highest BCUT2D eigenvalue weighted by Gasteiger charge is 2.38. The summed E-state index contributed by atoms with van der Waals surface area (Å²) >= 11 is 3.41. The number of fused-ring (bicyclic) bond motifs is 1. The van der Waals surface area contributed by atoms with Gasteiger partial charge in [0.1, 0.15) is 0 Å². The normalized spacial score (nSPS) is 14.1. The molecule has 0 unspecified atom stereocenters. The van der Waals surface area contributed by atoms with Gasteiger partial charge in [-0.3, -0.25) is 14.9 Å². The van der Waals surface area contributed by atoms with E-state index in [0.29, 0.717) is 22.4 Å². The number of alkyl halides is 3. The number of benzene rings is 1. The van der Waals surface area contributed by atoms with Crippen LogP contribution in [0.5, 0.6) is 0 Å². The van der Waals surface area contributed by atoms with E-state index in [-0.39, 0.29) is 0 Å². The topological polar surface area (TPSA) is 128 Å². The monoisotopic (exact) mass is 470 g/mol. The standard InChI is InChI=1S/C15H9BrN4O2.C2HF3O2/c16-7-1-2-8-9(4-18-10(8)3-7)12-13(11-5-17-6-19-11)15(22)20-14(12)21;3-2(4,5)1(6)7/h1-6,18H,(H,17,19)(H,20,21,22);(H,6,7). The summed E-state index contributed by atoms with van der Waals surface area (Å²) in [7, 11) is 0. The van der Waals surface area contributed by atoms with Crippen molar-refractivity contribution in [2.24, 2.45) is 0 Å². The molecule has 0 radical (unpaired) electrons. The van der Waals surface area contributed by atoms with E-state index in [1.807, 2.05) is 18.2 Å². The van der Waals surface area contributed by atoms with Crippen molar-refractivity contribution < 1.29 is 32.7 Å². The minimum Gasteiger partial charge on any atom is -0.475 e. The van der Waals surface area contributed by atoms with Crippen LogP contribution < -0.4 is 5.32 Å². The molecule has 0 bridgehead atoms. The lowest BCUT2D eigenvalue weighted by molar-refractivity contribution is -0.192. The number of carbonyl (C=O) groups is 3. The molecule has 12 heteroatoms. The lowest BCUT2D eigenvalue weighted by Gasteiger charge is -2.01. The summed E-state index contributed by atoms with van der Waals surface area (Å²) in [4.78, 5) is 43.2. The van der Waals surface area contributed by atoms with Gasteiger partial charge in [0, 0.05) is 27.1 Å². The molecule has 1 aliphatic heterocycles. The SMILES string of the molecule is O=C(O)C(F)(F)F.O=C1NC(=O)C(c2c[nH]c3cc(Br)ccc23)=C1c1cnc[nH]1. The minimum atomic E-state index is -5.08. The van der Waals surface area contributed by atoms with Crippen LogP contribution >= 0.6 is 15.9 Å². The van der Waals surface area contributed by atoms with Crippen molar-refractivity contribution in [3.63, 3.8) is 0 Å². The maximum Gasteiger partial charge on any atom is 0.490 e. The fraction of sp³-hybridized carbons (Fsp3) is 0.0588. The number of nitrogens with one attached hydrogen (secondary N) is 3. The van der Waals surface area contributed by atoms with E-state index in [1.54, 1.807) is 6.20 Å². The number of imide groups is 1. The van der Waals surface area contributed by atoms with Gasteiger partial charge in [-0.05, 0) is 12.1 Å². The molecule has 0 fully saturated rings. The fourth-order valence-electron chi connectivity index (χ4n) is 2.67. The third kappa shape index (κ3) is 4.06. The molecule has 0 spiro atoms. The number of amides is 2. The number of aromatic amines is 2. The number of carboxylic acids is 1. The van der Waals surface area contributed by atoms with Gasteiger partial charge in [-0.25, -0.2) is 9.78 Å². The molecule has 3 heterocycles. The van der Waals surface area contributed by atoms with Crippen LogP contribution in [0.2, 0.25) is 0 Å². The predicted octanol–water partition coefficient (Wildman–Crippen LogP) is 2.85. The van der Waals surface area contributed by atoms with E-state index < -0.39 is 24.0 Å². The van der Waals surface area contributed by atoms with Crippen LogP contribution in [0.4, 0.5) is 13.2 Å². The molecule has 150 valence electrons. The zero-order valence-corrected chi connectivity index (χ0v) is 15.7. The van der Waals surface area contributed by atoms with E-state index in [2.05, 4.69) is 36.2 Å². The summed E-state index contributed by atoms with van der Waals surface area (Å²) < 4.78 is 32.7. The first-order chi connectivity index (χ1) is 13.6. The number of nitrogens with zero attached hydrogens (tertiary/aromatic N) is 1. The van der Waals surface area contributed by atoms with Gasteiger partial charge in [0.05, 0.1) is 29.4 Å². The number of halogens is 4. The van der Waals surface area contributed by atoms with Gasteiger partial charge in [0.2, 0.25) is 0 Å². The third-order valence-corrected chi connectivity index (χ3v) is 4.35. The van der Waals surface area contributed by atoms with Crippen molar-refractivity contribution in [1.82, 2.24) is 20.3 Å². The number of rotatable bonds is 2. The molecule has 3 aromatic rings. The van der Waals surface area contributed by atoms with Gasteiger partial charge < -0.3 is 15.1 Å². The van der Waals surface area contributed by atoms with Crippen LogP contribution in [0.15, 0.2) is 41.4 Å². The highest BCUT2D eigenvalue weighted by Crippen LogP contribution is 2.34. The summed E-state index contributed by atoms with van der Waals surface area (Å²) in [6.07, 6.45) is -0.345. The van der Waals surface area contributed by atoms with Crippen LogP contribution in [-0.2, 0) is 14.4 Å². The molecule has 29 heavy (non-hydrogen) atoms. The number of imidazole rings is 1. The highest BCUT2D eigenvalue weighted by atomic mass is 79.9. The van der Waals surface area contributed by atoms with Gasteiger partial charge in [0.15, 0.2) is 0 Å². The average Bonchev–Trinajstić information content (AvgIpc) is 3.33. The van der Waals surface area contributed by atoms with E-state index in [9.17, 15) is 22.8 Å². The summed E-state index contributed by atoms with van der Waals surface area (Å²) in [5, 5.41) is 10.3. The summed E-state index contributed by atoms with van der Waals surface area (Å²) in [6, 6.07) is 5.72. The first kappa shape index (κ1) is 20.3. The second kappa shape index (κ2) is 7.54. The van der Waals surface area contributed by atoms with Crippen LogP contribution in [0.1, 0.15) is 11.3 Å². The molecular formula is C17H10BrF3N4O4. The molecule has 1 aromatic carbocycles. The van der Waals surface area contributed by atoms with Crippen molar-refractivity contribution in [1.29, 1.82) is 0 Å². The van der Waals surface area contributed by atoms with E-state index in [4.69, 9.17) is 9.90 Å². The number of carboxylic acid groups (broad SMARTS) is 1. The second-order valence-electron chi connectivity index (χ2n) is 5.69. The number of aliphatic carboxylic acids is 1. The number of aromatic nitrogens is 3. The van der Waals surface area contributed by atoms with Crippen molar-refractivity contribution in [3.05, 3.63) is 52.7 Å². The van der Waals surface area contributed by atoms with Crippen LogP contribution in [0.3, 0.4) is 0 Å². The smallest absolute Gasteiger partial charge is 0.475 e. The van der Waals surface area contributed by atoms with Crippen LogP contribution in [0.25, 0.3) is 22.0 Å². The molecule has 4 rings (SSSR count). The van der Waals surface area contributed by atoms with Gasteiger partial charge in [-0.2, -0.15) is 13.2 Å². The number of hydrogen-bond acceptors (Lipinski definition) is 4. The molecule has 2 aromatic heterocycles. The van der Waals surface area contributed by atoms with E-state index in [1.165, 1.54) is 12.5 Å². The predicted molar refractivity (Wildman–Crippen MR) is 98.2 cm³/mol. The van der Waals surface area contributed by atoms with Crippen molar-refractivity contribution in [3.8, 4) is 0 Å². The molecular weight excluding hydrogens is 461 g/mol. The molecule has 0 saturated carbocycles. The van der Waals surface area contributed by atoms with E-state index in [0.717, 1.165) is 15.4 Å². The molecule has 0 atom stereocenters. The molecule has 1 aliphatic rings. The molecule has 8 nitrogen and oxygen atoms in total. The molecule has 0 saturated heterocycles. The van der Waals surface area contributed by atoms with Gasteiger partial charge in [-0.1, -0.05) is 22.0 Å². The summed E-state index contributed by atoms with van der Waals surface area (Å²) in [5.41, 5.74) is 2.75. The van der Waals surface area contributed by atoms with Crippen LogP contribution in [-0.4, -0.2) is 44.0 Å². The van der Waals surface area contributed by atoms with Crippen molar-refractivity contribution >= 4 is 55.8 Å². The Morgan fingerprint density at radius 2 is 1.76 bits per heavy atom. The first-order valence-electron chi connectivity index (χ1n) is 7.75. The summed E-state index contributed by atoms with van der Waals surface area (Å²) in [5.74, 6) is -3.58. The Morgan fingerprint density at radius 3 is 2.34 bits per heavy atom. The van der Waals surface area contributed by atoms with Crippen molar-refractivity contribution in [2.75, 3.05) is 0 Å². The van der Waals surface area contributed by atoms with Gasteiger partial charge in [0.25, 0.3) is 11.8 Å². The molecule has 2 amide bonds. The Morgan fingerprint density at radius 1 is 1.10 bits per heavy atom. The Hall–Kier alpha value is -3.41. The fourth-order valence-corrected chi connectivity index (χ4v) is 3.03. The Kier molecular flexibility index (Phi) is 5.29. The minimum absolute atomic E-state index is 0.311. The number of carbonyl (C=O) groups excluding carboxylic acids is 2. The zero-order chi connectivity index (χ0) is 21.3. The highest BCUT2D eigenvalue weighted by molar-refractivity contribution is 9.10. The zero-order valence-electron chi connectivity index (χ0n) is 14.1. The van der Waals surface area contributed by atoms with Gasteiger partial charge in [-0.15, -0.1) is 0 Å². The largest absolute Gasteiger partial charge is 0.490 e. The first-order valence-corrected chi connectivity index (χ1v) is 8.54. The lowest BCUT2D eigenvalue weighted by atomic mass is 9.99. The van der Waals surface area contributed by atoms with Gasteiger partial charge >= 0.3 is 12.1 Å². The third-order valence-electron chi connectivity index (χ3n) is 3.85. The number of H-pyrrole nitrogens is 2. The quantitative estimate of drug-likeness (QED) is 0.428. The number of hydrogen-bond donors (Lipinski definition) is 4. The Balaban J connectivity index is 0.000000298. The van der Waals surface area contributed by atoms with E-state index >= 15 is 0 Å². The Labute approximate surface area is 168 Å². The molecule has 4 N–H and O–H groups in total. The van der Waals surface area contributed by atoms with Crippen molar-refractivity contribution in [2.45, 2.75) is 6.18 Å². The molecule has 0 aliphatic carbocycles. The average molecular weight is 471 g/mol.